The standard InChI is InChI=1S/C22H28F2O5/c1-10-6-12-13-8-15(23)14-7-11(25)4-5-21(14,3)22(13,24)16(26)9-20(12,2)17(10)18(27)19(28)29/h7,10,12-13,15-17,26H,4-6,8-9H2,1-3H3,(H,28,29)/t10-,12+,13+,15+,16+,17-,20+,21+,22+/m1/s1. The van der Waals surface area contributed by atoms with Gasteiger partial charge < -0.3 is 10.2 Å². The molecule has 9 atom stereocenters. The average Bonchev–Trinajstić information content (AvgIpc) is 2.89. The molecule has 3 saturated carbocycles. The number of Topliss-reactive ketones (excluding diaryl/α,β-unsaturated/α-hetero) is 1. The molecule has 3 fully saturated rings. The lowest BCUT2D eigenvalue weighted by atomic mass is 9.44. The van der Waals surface area contributed by atoms with Crippen molar-refractivity contribution in [1.29, 1.82) is 0 Å². The fraction of sp³-hybridized carbons (Fsp3) is 0.773. The Morgan fingerprint density at radius 3 is 2.48 bits per heavy atom. The van der Waals surface area contributed by atoms with Crippen molar-refractivity contribution in [3.05, 3.63) is 11.6 Å². The third kappa shape index (κ3) is 2.42. The SMILES string of the molecule is C[C@@H]1C[C@H]2[C@@H]3C[C@H](F)C4=CC(=O)CC[C@]4(C)[C@@]3(F)[C@@H](O)C[C@]2(C)[C@H]1C(=O)C(=O)O. The molecular formula is C22H28F2O5. The van der Waals surface area contributed by atoms with Crippen LogP contribution in [0.2, 0.25) is 0 Å². The summed E-state index contributed by atoms with van der Waals surface area (Å²) in [6.45, 7) is 5.14. The monoisotopic (exact) mass is 410 g/mol. The fourth-order valence-corrected chi connectivity index (χ4v) is 7.62. The Labute approximate surface area is 168 Å². The summed E-state index contributed by atoms with van der Waals surface area (Å²) >= 11 is 0. The second kappa shape index (κ2) is 6.19. The van der Waals surface area contributed by atoms with Crippen LogP contribution in [0.4, 0.5) is 8.78 Å². The summed E-state index contributed by atoms with van der Waals surface area (Å²) in [6, 6.07) is 0. The van der Waals surface area contributed by atoms with Crippen LogP contribution in [0.3, 0.4) is 0 Å². The molecule has 29 heavy (non-hydrogen) atoms. The molecule has 0 aromatic carbocycles. The van der Waals surface area contributed by atoms with Crippen LogP contribution in [0.1, 0.15) is 52.9 Å². The molecule has 0 amide bonds. The molecule has 4 aliphatic rings. The Morgan fingerprint density at radius 2 is 1.86 bits per heavy atom. The van der Waals surface area contributed by atoms with E-state index in [0.717, 1.165) is 0 Å². The molecule has 0 heterocycles. The van der Waals surface area contributed by atoms with Crippen LogP contribution in [0.5, 0.6) is 0 Å². The maximum atomic E-state index is 16.9. The molecule has 0 radical (unpaired) electrons. The first kappa shape index (κ1) is 20.6. The molecule has 160 valence electrons. The highest BCUT2D eigenvalue weighted by molar-refractivity contribution is 6.33. The lowest BCUT2D eigenvalue weighted by molar-refractivity contribution is -0.215. The van der Waals surface area contributed by atoms with Gasteiger partial charge in [-0.1, -0.05) is 20.8 Å². The molecule has 0 spiro atoms. The van der Waals surface area contributed by atoms with Gasteiger partial charge in [0, 0.05) is 23.7 Å². The number of hydrogen-bond donors (Lipinski definition) is 2. The topological polar surface area (TPSA) is 91.7 Å². The van der Waals surface area contributed by atoms with Crippen LogP contribution in [0.15, 0.2) is 11.6 Å². The van der Waals surface area contributed by atoms with Gasteiger partial charge in [0.05, 0.1) is 6.10 Å². The van der Waals surface area contributed by atoms with Gasteiger partial charge in [-0.05, 0) is 54.6 Å². The van der Waals surface area contributed by atoms with Crippen LogP contribution >= 0.6 is 0 Å². The molecular weight excluding hydrogens is 382 g/mol. The summed E-state index contributed by atoms with van der Waals surface area (Å²) in [7, 11) is 0. The highest BCUT2D eigenvalue weighted by atomic mass is 19.1. The number of ketones is 2. The minimum absolute atomic E-state index is 0.0491. The van der Waals surface area contributed by atoms with E-state index in [0.29, 0.717) is 6.42 Å². The number of aliphatic hydroxyl groups is 1. The highest BCUT2D eigenvalue weighted by Gasteiger charge is 2.73. The molecule has 0 aliphatic heterocycles. The summed E-state index contributed by atoms with van der Waals surface area (Å²) < 4.78 is 32.1. The van der Waals surface area contributed by atoms with Gasteiger partial charge in [0.2, 0.25) is 5.78 Å². The molecule has 0 bridgehead atoms. The predicted octanol–water partition coefficient (Wildman–Crippen LogP) is 3.05. The number of carbonyl (C=O) groups excluding carboxylic acids is 2. The summed E-state index contributed by atoms with van der Waals surface area (Å²) in [5.74, 6) is -5.03. The first-order valence-electron chi connectivity index (χ1n) is 10.4. The van der Waals surface area contributed by atoms with Crippen molar-refractivity contribution in [3.63, 3.8) is 0 Å². The van der Waals surface area contributed by atoms with Crippen molar-refractivity contribution in [3.8, 4) is 0 Å². The zero-order valence-corrected chi connectivity index (χ0v) is 17.0. The molecule has 0 aromatic rings. The largest absolute Gasteiger partial charge is 0.475 e. The van der Waals surface area contributed by atoms with E-state index in [1.807, 2.05) is 0 Å². The lowest BCUT2D eigenvalue weighted by Crippen LogP contribution is -2.69. The van der Waals surface area contributed by atoms with Crippen LogP contribution in [0.25, 0.3) is 0 Å². The van der Waals surface area contributed by atoms with E-state index < -0.39 is 58.3 Å². The molecule has 0 aromatic heterocycles. The molecule has 4 rings (SSSR count). The number of fused-ring (bicyclic) bond motifs is 5. The summed E-state index contributed by atoms with van der Waals surface area (Å²) in [5, 5.41) is 20.4. The van der Waals surface area contributed by atoms with E-state index in [1.54, 1.807) is 20.8 Å². The molecule has 7 heteroatoms. The van der Waals surface area contributed by atoms with Crippen molar-refractivity contribution in [1.82, 2.24) is 0 Å². The smallest absolute Gasteiger partial charge is 0.372 e. The zero-order valence-electron chi connectivity index (χ0n) is 17.0. The molecule has 0 unspecified atom stereocenters. The molecule has 0 saturated heterocycles. The second-order valence-electron chi connectivity index (χ2n) is 10.2. The Hall–Kier alpha value is -1.63. The number of allylic oxidation sites excluding steroid dienone is 1. The number of carbonyl (C=O) groups is 3. The molecule has 5 nitrogen and oxygen atoms in total. The van der Waals surface area contributed by atoms with E-state index in [-0.39, 0.29) is 43.0 Å². The van der Waals surface area contributed by atoms with Gasteiger partial charge in [-0.2, -0.15) is 0 Å². The number of rotatable bonds is 2. The number of aliphatic carboxylic acids is 1. The Kier molecular flexibility index (Phi) is 4.40. The minimum atomic E-state index is -2.12. The van der Waals surface area contributed by atoms with Crippen molar-refractivity contribution >= 4 is 17.5 Å². The Morgan fingerprint density at radius 1 is 1.21 bits per heavy atom. The van der Waals surface area contributed by atoms with Gasteiger partial charge >= 0.3 is 5.97 Å². The summed E-state index contributed by atoms with van der Waals surface area (Å²) in [6.07, 6.45) is -1.27. The van der Waals surface area contributed by atoms with Crippen LogP contribution in [-0.4, -0.2) is 45.7 Å². The molecule has 2 N–H and O–H groups in total. The third-order valence-corrected chi connectivity index (χ3v) is 8.86. The van der Waals surface area contributed by atoms with E-state index in [9.17, 15) is 24.6 Å². The summed E-state index contributed by atoms with van der Waals surface area (Å²) in [4.78, 5) is 35.8. The minimum Gasteiger partial charge on any atom is -0.475 e. The van der Waals surface area contributed by atoms with Crippen molar-refractivity contribution in [2.45, 2.75) is 70.8 Å². The van der Waals surface area contributed by atoms with Gasteiger partial charge in [0.25, 0.3) is 0 Å². The van der Waals surface area contributed by atoms with Crippen LogP contribution in [0, 0.1) is 34.5 Å². The third-order valence-electron chi connectivity index (χ3n) is 8.86. The maximum Gasteiger partial charge on any atom is 0.372 e. The first-order chi connectivity index (χ1) is 13.4. The number of aliphatic hydroxyl groups excluding tert-OH is 1. The normalized spacial score (nSPS) is 51.5. The number of hydrogen-bond acceptors (Lipinski definition) is 4. The number of carboxylic acid groups (broad SMARTS) is 1. The van der Waals surface area contributed by atoms with E-state index in [2.05, 4.69) is 0 Å². The number of alkyl halides is 2. The van der Waals surface area contributed by atoms with Gasteiger partial charge in [-0.3, -0.25) is 9.59 Å². The van der Waals surface area contributed by atoms with Gasteiger partial charge in [-0.15, -0.1) is 0 Å². The van der Waals surface area contributed by atoms with E-state index >= 15 is 8.78 Å². The lowest BCUT2D eigenvalue weighted by Gasteiger charge is -2.63. The Balaban J connectivity index is 1.82. The van der Waals surface area contributed by atoms with E-state index in [1.165, 1.54) is 6.08 Å². The highest BCUT2D eigenvalue weighted by Crippen LogP contribution is 2.70. The first-order valence-corrected chi connectivity index (χ1v) is 10.4. The number of halogens is 2. The van der Waals surface area contributed by atoms with E-state index in [4.69, 9.17) is 0 Å². The second-order valence-corrected chi connectivity index (χ2v) is 10.2. The fourth-order valence-electron chi connectivity index (χ4n) is 7.62. The van der Waals surface area contributed by atoms with Crippen molar-refractivity contribution < 1.29 is 33.4 Å². The zero-order chi connectivity index (χ0) is 21.5. The van der Waals surface area contributed by atoms with Crippen LogP contribution < -0.4 is 0 Å². The van der Waals surface area contributed by atoms with Crippen molar-refractivity contribution in [2.75, 3.05) is 0 Å². The maximum absolute atomic E-state index is 16.9. The predicted molar refractivity (Wildman–Crippen MR) is 99.4 cm³/mol. The van der Waals surface area contributed by atoms with Crippen molar-refractivity contribution in [2.24, 2.45) is 34.5 Å². The van der Waals surface area contributed by atoms with Crippen LogP contribution in [-0.2, 0) is 14.4 Å². The van der Waals surface area contributed by atoms with Gasteiger partial charge in [-0.25, -0.2) is 13.6 Å². The van der Waals surface area contributed by atoms with Gasteiger partial charge in [0.1, 0.15) is 11.8 Å². The molecule has 4 aliphatic carbocycles. The van der Waals surface area contributed by atoms with Gasteiger partial charge in [0.15, 0.2) is 5.78 Å². The average molecular weight is 410 g/mol. The number of carboxylic acids is 1. The summed E-state index contributed by atoms with van der Waals surface area (Å²) in [5.41, 5.74) is -4.18. The quantitative estimate of drug-likeness (QED) is 0.683. The Bertz CT molecular complexity index is 824.